The van der Waals surface area contributed by atoms with Gasteiger partial charge in [0.1, 0.15) is 5.75 Å². The summed E-state index contributed by atoms with van der Waals surface area (Å²) in [5, 5.41) is 11.8. The van der Waals surface area contributed by atoms with Gasteiger partial charge in [-0.3, -0.25) is 4.79 Å². The minimum atomic E-state index is -1.18. The Hall–Kier alpha value is -2.05. The van der Waals surface area contributed by atoms with E-state index in [4.69, 9.17) is 26.2 Å². The number of nitrogens with one attached hydrogen (secondary N) is 1. The molecule has 0 radical (unpaired) electrons. The van der Waals surface area contributed by atoms with Crippen molar-refractivity contribution in [1.29, 1.82) is 0 Å². The van der Waals surface area contributed by atoms with Crippen molar-refractivity contribution in [3.05, 3.63) is 41.9 Å². The van der Waals surface area contributed by atoms with E-state index < -0.39 is 17.9 Å². The Bertz CT molecular complexity index is 489. The van der Waals surface area contributed by atoms with Crippen LogP contribution in [0.2, 0.25) is 5.02 Å². The number of carbonyl (C=O) groups is 2. The maximum atomic E-state index is 11.6. The summed E-state index contributed by atoms with van der Waals surface area (Å²) >= 11 is 5.72. The molecule has 0 aliphatic heterocycles. The lowest BCUT2D eigenvalue weighted by atomic mass is 10.3. The van der Waals surface area contributed by atoms with Crippen LogP contribution in [0.4, 0.5) is 0 Å². The number of hydrogen-bond donors (Lipinski definition) is 2. The molecule has 0 spiro atoms. The van der Waals surface area contributed by atoms with Gasteiger partial charge in [0.15, 0.2) is 12.6 Å². The summed E-state index contributed by atoms with van der Waals surface area (Å²) < 4.78 is 10.2. The number of hydrogen-bond acceptors (Lipinski definition) is 4. The highest BCUT2D eigenvalue weighted by molar-refractivity contribution is 6.30. The fraction of sp³-hybridized carbons (Fsp3) is 0.286. The Balaban J connectivity index is 2.40. The van der Waals surface area contributed by atoms with Crippen LogP contribution < -0.4 is 10.1 Å². The molecule has 1 atom stereocenters. The zero-order chi connectivity index (χ0) is 15.7. The molecule has 2 N–H and O–H groups in total. The molecule has 114 valence electrons. The molecule has 0 aliphatic rings. The summed E-state index contributed by atoms with van der Waals surface area (Å²) in [6.07, 6.45) is 1.49. The Labute approximate surface area is 127 Å². The van der Waals surface area contributed by atoms with Gasteiger partial charge in [0, 0.05) is 5.02 Å². The lowest BCUT2D eigenvalue weighted by molar-refractivity contribution is -0.143. The van der Waals surface area contributed by atoms with Crippen molar-refractivity contribution in [2.45, 2.75) is 6.04 Å². The standard InChI is InChI=1S/C14H16ClNO5/c1-2-7-20-8-12(14(18)19)16-13(17)9-21-11-5-3-10(15)4-6-11/h2-6,12H,1,7-9H2,(H,16,17)(H,18,19). The fourth-order valence-corrected chi connectivity index (χ4v) is 1.49. The average molecular weight is 314 g/mol. The van der Waals surface area contributed by atoms with Crippen LogP contribution in [0.25, 0.3) is 0 Å². The first-order valence-corrected chi connectivity index (χ1v) is 6.50. The van der Waals surface area contributed by atoms with E-state index in [9.17, 15) is 9.59 Å². The van der Waals surface area contributed by atoms with E-state index in [-0.39, 0.29) is 19.8 Å². The second kappa shape index (κ2) is 8.99. The summed E-state index contributed by atoms with van der Waals surface area (Å²) in [6.45, 7) is 3.21. The number of carboxylic acids is 1. The van der Waals surface area contributed by atoms with Crippen molar-refractivity contribution < 1.29 is 24.2 Å². The lowest BCUT2D eigenvalue weighted by Crippen LogP contribution is -2.45. The Morgan fingerprint density at radius 2 is 2.05 bits per heavy atom. The third kappa shape index (κ3) is 6.78. The molecule has 1 aromatic carbocycles. The van der Waals surface area contributed by atoms with Crippen LogP contribution in [0, 0.1) is 0 Å². The first kappa shape index (κ1) is 17.0. The zero-order valence-corrected chi connectivity index (χ0v) is 12.0. The summed E-state index contributed by atoms with van der Waals surface area (Å²) in [5.74, 6) is -1.28. The molecule has 21 heavy (non-hydrogen) atoms. The highest BCUT2D eigenvalue weighted by atomic mass is 35.5. The Kier molecular flexibility index (Phi) is 7.28. The average Bonchev–Trinajstić information content (AvgIpc) is 2.45. The second-order valence-electron chi connectivity index (χ2n) is 4.03. The molecule has 1 amide bonds. The second-order valence-corrected chi connectivity index (χ2v) is 4.46. The van der Waals surface area contributed by atoms with Crippen LogP contribution >= 0.6 is 11.6 Å². The molecule has 1 aromatic rings. The molecule has 0 bridgehead atoms. The largest absolute Gasteiger partial charge is 0.484 e. The van der Waals surface area contributed by atoms with Gasteiger partial charge < -0.3 is 19.9 Å². The van der Waals surface area contributed by atoms with Crippen LogP contribution in [0.1, 0.15) is 0 Å². The third-order valence-electron chi connectivity index (χ3n) is 2.34. The molecule has 0 aliphatic carbocycles. The number of carbonyl (C=O) groups excluding carboxylic acids is 1. The molecule has 0 saturated carbocycles. The molecule has 6 nitrogen and oxygen atoms in total. The molecule has 0 aromatic heterocycles. The minimum absolute atomic E-state index is 0.145. The van der Waals surface area contributed by atoms with Gasteiger partial charge >= 0.3 is 5.97 Å². The number of aliphatic carboxylic acids is 1. The van der Waals surface area contributed by atoms with Crippen LogP contribution in [0.5, 0.6) is 5.75 Å². The maximum absolute atomic E-state index is 11.6. The van der Waals surface area contributed by atoms with E-state index in [0.717, 1.165) is 0 Å². The number of carboxylic acid groups (broad SMARTS) is 1. The molecular weight excluding hydrogens is 298 g/mol. The van der Waals surface area contributed by atoms with Gasteiger partial charge in [-0.05, 0) is 24.3 Å². The van der Waals surface area contributed by atoms with Gasteiger partial charge in [0.05, 0.1) is 13.2 Å². The number of benzene rings is 1. The smallest absolute Gasteiger partial charge is 0.328 e. The van der Waals surface area contributed by atoms with Crippen molar-refractivity contribution in [2.75, 3.05) is 19.8 Å². The Morgan fingerprint density at radius 3 is 2.62 bits per heavy atom. The van der Waals surface area contributed by atoms with E-state index in [0.29, 0.717) is 10.8 Å². The predicted molar refractivity (Wildman–Crippen MR) is 77.5 cm³/mol. The molecule has 0 saturated heterocycles. The molecule has 1 rings (SSSR count). The molecule has 0 heterocycles. The molecule has 0 fully saturated rings. The maximum Gasteiger partial charge on any atom is 0.328 e. The van der Waals surface area contributed by atoms with Crippen molar-refractivity contribution in [2.24, 2.45) is 0 Å². The van der Waals surface area contributed by atoms with Gasteiger partial charge in [-0.15, -0.1) is 6.58 Å². The lowest BCUT2D eigenvalue weighted by Gasteiger charge is -2.14. The van der Waals surface area contributed by atoms with Crippen molar-refractivity contribution >= 4 is 23.5 Å². The normalized spacial score (nSPS) is 11.5. The van der Waals surface area contributed by atoms with Crippen molar-refractivity contribution in [3.8, 4) is 5.75 Å². The third-order valence-corrected chi connectivity index (χ3v) is 2.59. The summed E-state index contributed by atoms with van der Waals surface area (Å²) in [5.41, 5.74) is 0. The quantitative estimate of drug-likeness (QED) is 0.533. The molecule has 1 unspecified atom stereocenters. The number of halogens is 1. The molecule has 7 heteroatoms. The van der Waals surface area contributed by atoms with Gasteiger partial charge in [0.2, 0.25) is 0 Å². The van der Waals surface area contributed by atoms with Gasteiger partial charge in [-0.2, -0.15) is 0 Å². The van der Waals surface area contributed by atoms with Crippen LogP contribution in [0.15, 0.2) is 36.9 Å². The van der Waals surface area contributed by atoms with Crippen LogP contribution in [-0.4, -0.2) is 42.8 Å². The van der Waals surface area contributed by atoms with Gasteiger partial charge in [-0.1, -0.05) is 17.7 Å². The van der Waals surface area contributed by atoms with Crippen LogP contribution in [0.3, 0.4) is 0 Å². The number of rotatable bonds is 9. The Morgan fingerprint density at radius 1 is 1.38 bits per heavy atom. The van der Waals surface area contributed by atoms with Crippen molar-refractivity contribution in [3.63, 3.8) is 0 Å². The first-order valence-electron chi connectivity index (χ1n) is 6.12. The van der Waals surface area contributed by atoms with Gasteiger partial charge in [-0.25, -0.2) is 4.79 Å². The SMILES string of the molecule is C=CCOCC(NC(=O)COc1ccc(Cl)cc1)C(=O)O. The van der Waals surface area contributed by atoms with E-state index in [1.54, 1.807) is 24.3 Å². The monoisotopic (exact) mass is 313 g/mol. The van der Waals surface area contributed by atoms with E-state index >= 15 is 0 Å². The van der Waals surface area contributed by atoms with E-state index in [2.05, 4.69) is 11.9 Å². The number of ether oxygens (including phenoxy) is 2. The molecular formula is C14H16ClNO5. The summed E-state index contributed by atoms with van der Waals surface area (Å²) in [7, 11) is 0. The van der Waals surface area contributed by atoms with E-state index in [1.807, 2.05) is 0 Å². The number of amides is 1. The van der Waals surface area contributed by atoms with Crippen LogP contribution in [-0.2, 0) is 14.3 Å². The van der Waals surface area contributed by atoms with Gasteiger partial charge in [0.25, 0.3) is 5.91 Å². The minimum Gasteiger partial charge on any atom is -0.484 e. The summed E-state index contributed by atoms with van der Waals surface area (Å²) in [4.78, 5) is 22.6. The topological polar surface area (TPSA) is 84.9 Å². The van der Waals surface area contributed by atoms with E-state index in [1.165, 1.54) is 6.08 Å². The highest BCUT2D eigenvalue weighted by Gasteiger charge is 2.20. The highest BCUT2D eigenvalue weighted by Crippen LogP contribution is 2.15. The first-order chi connectivity index (χ1) is 10.0. The zero-order valence-electron chi connectivity index (χ0n) is 11.3. The summed E-state index contributed by atoms with van der Waals surface area (Å²) in [6, 6.07) is 5.33. The van der Waals surface area contributed by atoms with Crippen molar-refractivity contribution in [1.82, 2.24) is 5.32 Å². The fourth-order valence-electron chi connectivity index (χ4n) is 1.36. The predicted octanol–water partition coefficient (Wildman–Crippen LogP) is 1.49.